The van der Waals surface area contributed by atoms with E-state index in [9.17, 15) is 14.9 Å². The molecule has 7 heteroatoms. The lowest BCUT2D eigenvalue weighted by Gasteiger charge is -2.02. The topological polar surface area (TPSA) is 96.6 Å². The van der Waals surface area contributed by atoms with Crippen molar-refractivity contribution in [2.24, 2.45) is 5.10 Å². The predicted molar refractivity (Wildman–Crippen MR) is 85.1 cm³/mol. The van der Waals surface area contributed by atoms with Crippen LogP contribution in [0.1, 0.15) is 12.5 Å². The van der Waals surface area contributed by atoms with E-state index in [0.29, 0.717) is 11.4 Å². The number of nitro benzene ring substituents is 1. The van der Waals surface area contributed by atoms with Crippen molar-refractivity contribution in [3.63, 3.8) is 0 Å². The average Bonchev–Trinajstić information content (AvgIpc) is 2.49. The number of nitro groups is 1. The number of hydrazone groups is 1. The zero-order valence-corrected chi connectivity index (χ0v) is 11.8. The van der Waals surface area contributed by atoms with Crippen LogP contribution in [0.5, 0.6) is 0 Å². The quantitative estimate of drug-likeness (QED) is 0.503. The SMILES string of the molecule is CC(=O)Nc1ccc(/C=N\Nc2ccccc2[N+](=O)[O-])cc1. The van der Waals surface area contributed by atoms with Gasteiger partial charge in [-0.2, -0.15) is 5.10 Å². The second kappa shape index (κ2) is 6.98. The summed E-state index contributed by atoms with van der Waals surface area (Å²) >= 11 is 0. The van der Waals surface area contributed by atoms with Gasteiger partial charge in [0.2, 0.25) is 5.91 Å². The summed E-state index contributed by atoms with van der Waals surface area (Å²) in [7, 11) is 0. The molecule has 0 unspecified atom stereocenters. The van der Waals surface area contributed by atoms with Gasteiger partial charge in [0.05, 0.1) is 11.1 Å². The number of hydrogen-bond acceptors (Lipinski definition) is 5. The van der Waals surface area contributed by atoms with Gasteiger partial charge in [-0.05, 0) is 23.8 Å². The maximum atomic E-state index is 10.9. The second-order valence-electron chi connectivity index (χ2n) is 4.45. The lowest BCUT2D eigenvalue weighted by molar-refractivity contribution is -0.384. The van der Waals surface area contributed by atoms with Gasteiger partial charge in [0.25, 0.3) is 5.69 Å². The van der Waals surface area contributed by atoms with Crippen molar-refractivity contribution in [1.82, 2.24) is 0 Å². The minimum absolute atomic E-state index is 0.0411. The van der Waals surface area contributed by atoms with Gasteiger partial charge in [0.15, 0.2) is 0 Å². The van der Waals surface area contributed by atoms with E-state index in [2.05, 4.69) is 15.8 Å². The van der Waals surface area contributed by atoms with Crippen molar-refractivity contribution < 1.29 is 9.72 Å². The molecule has 0 saturated heterocycles. The molecule has 0 bridgehead atoms. The molecule has 22 heavy (non-hydrogen) atoms. The molecule has 0 fully saturated rings. The molecule has 0 heterocycles. The molecule has 7 nitrogen and oxygen atoms in total. The lowest BCUT2D eigenvalue weighted by atomic mass is 10.2. The summed E-state index contributed by atoms with van der Waals surface area (Å²) in [5.41, 5.74) is 4.41. The molecule has 0 aliphatic heterocycles. The van der Waals surface area contributed by atoms with Gasteiger partial charge in [-0.15, -0.1) is 0 Å². The summed E-state index contributed by atoms with van der Waals surface area (Å²) in [6.45, 7) is 1.44. The number of anilines is 2. The fraction of sp³-hybridized carbons (Fsp3) is 0.0667. The molecule has 0 spiro atoms. The molecule has 0 aromatic heterocycles. The maximum absolute atomic E-state index is 10.9. The Labute approximate surface area is 126 Å². The van der Waals surface area contributed by atoms with Crippen LogP contribution in [0, 0.1) is 10.1 Å². The largest absolute Gasteiger partial charge is 0.326 e. The van der Waals surface area contributed by atoms with Crippen molar-refractivity contribution in [3.05, 3.63) is 64.2 Å². The smallest absolute Gasteiger partial charge is 0.294 e. The van der Waals surface area contributed by atoms with Crippen molar-refractivity contribution in [3.8, 4) is 0 Å². The molecule has 2 rings (SSSR count). The minimum atomic E-state index is -0.472. The molecular formula is C15H14N4O3. The molecular weight excluding hydrogens is 284 g/mol. The number of nitrogens with zero attached hydrogens (tertiary/aromatic N) is 2. The van der Waals surface area contributed by atoms with E-state index in [-0.39, 0.29) is 11.6 Å². The molecule has 2 N–H and O–H groups in total. The minimum Gasteiger partial charge on any atom is -0.326 e. The first kappa shape index (κ1) is 15.2. The van der Waals surface area contributed by atoms with E-state index in [0.717, 1.165) is 5.56 Å². The fourth-order valence-electron chi connectivity index (χ4n) is 1.76. The summed E-state index contributed by atoms with van der Waals surface area (Å²) in [4.78, 5) is 21.3. The van der Waals surface area contributed by atoms with Crippen molar-refractivity contribution in [2.75, 3.05) is 10.7 Å². The number of rotatable bonds is 5. The van der Waals surface area contributed by atoms with Gasteiger partial charge in [-0.25, -0.2) is 0 Å². The maximum Gasteiger partial charge on any atom is 0.294 e. The van der Waals surface area contributed by atoms with E-state index >= 15 is 0 Å². The Balaban J connectivity index is 2.04. The Morgan fingerprint density at radius 3 is 2.50 bits per heavy atom. The summed E-state index contributed by atoms with van der Waals surface area (Å²) in [5.74, 6) is -0.139. The Bertz CT molecular complexity index is 711. The second-order valence-corrected chi connectivity index (χ2v) is 4.45. The van der Waals surface area contributed by atoms with Crippen LogP contribution in [0.15, 0.2) is 53.6 Å². The molecule has 0 saturated carbocycles. The lowest BCUT2D eigenvalue weighted by Crippen LogP contribution is -2.05. The fourth-order valence-corrected chi connectivity index (χ4v) is 1.76. The summed E-state index contributed by atoms with van der Waals surface area (Å²) in [6, 6.07) is 13.3. The van der Waals surface area contributed by atoms with E-state index in [4.69, 9.17) is 0 Å². The van der Waals surface area contributed by atoms with E-state index in [1.54, 1.807) is 42.5 Å². The van der Waals surface area contributed by atoms with Crippen molar-refractivity contribution in [2.45, 2.75) is 6.92 Å². The summed E-state index contributed by atoms with van der Waals surface area (Å²) < 4.78 is 0. The van der Waals surface area contributed by atoms with Gasteiger partial charge in [0.1, 0.15) is 5.69 Å². The van der Waals surface area contributed by atoms with Gasteiger partial charge in [0, 0.05) is 18.7 Å². The normalized spacial score (nSPS) is 10.4. The third-order valence-corrected chi connectivity index (χ3v) is 2.73. The number of hydrogen-bond donors (Lipinski definition) is 2. The number of para-hydroxylation sites is 2. The number of carbonyl (C=O) groups is 1. The third-order valence-electron chi connectivity index (χ3n) is 2.73. The zero-order chi connectivity index (χ0) is 15.9. The van der Waals surface area contributed by atoms with Gasteiger partial charge >= 0.3 is 0 Å². The van der Waals surface area contributed by atoms with Crippen LogP contribution >= 0.6 is 0 Å². The van der Waals surface area contributed by atoms with Gasteiger partial charge < -0.3 is 5.32 Å². The third kappa shape index (κ3) is 4.14. The van der Waals surface area contributed by atoms with Crippen LogP contribution in [-0.4, -0.2) is 17.0 Å². The Morgan fingerprint density at radius 2 is 1.86 bits per heavy atom. The standard InChI is InChI=1S/C15H14N4O3/c1-11(20)17-13-8-6-12(7-9-13)10-16-18-14-4-2-3-5-15(14)19(21)22/h2-10,18H,1H3,(H,17,20)/b16-10-. The van der Waals surface area contributed by atoms with Crippen LogP contribution in [0.3, 0.4) is 0 Å². The first-order valence-electron chi connectivity index (χ1n) is 6.46. The molecule has 1 amide bonds. The van der Waals surface area contributed by atoms with Crippen LogP contribution in [-0.2, 0) is 4.79 Å². The van der Waals surface area contributed by atoms with Crippen molar-refractivity contribution >= 4 is 29.2 Å². The first-order valence-corrected chi connectivity index (χ1v) is 6.46. The Morgan fingerprint density at radius 1 is 1.18 bits per heavy atom. The molecule has 2 aromatic carbocycles. The van der Waals surface area contributed by atoms with E-state index in [1.807, 2.05) is 0 Å². The molecule has 2 aromatic rings. The van der Waals surface area contributed by atoms with Crippen LogP contribution in [0.2, 0.25) is 0 Å². The Hall–Kier alpha value is -3.22. The number of carbonyl (C=O) groups excluding carboxylic acids is 1. The summed E-state index contributed by atoms with van der Waals surface area (Å²) in [5, 5.41) is 17.5. The Kier molecular flexibility index (Phi) is 4.81. The van der Waals surface area contributed by atoms with E-state index < -0.39 is 4.92 Å². The first-order chi connectivity index (χ1) is 10.6. The molecule has 0 aliphatic carbocycles. The average molecular weight is 298 g/mol. The van der Waals surface area contributed by atoms with Gasteiger partial charge in [-0.3, -0.25) is 20.3 Å². The highest BCUT2D eigenvalue weighted by Crippen LogP contribution is 2.22. The molecule has 0 atom stereocenters. The van der Waals surface area contributed by atoms with Gasteiger partial charge in [-0.1, -0.05) is 24.3 Å². The van der Waals surface area contributed by atoms with Crippen LogP contribution in [0.4, 0.5) is 17.1 Å². The highest BCUT2D eigenvalue weighted by molar-refractivity contribution is 5.89. The molecule has 0 radical (unpaired) electrons. The van der Waals surface area contributed by atoms with Crippen molar-refractivity contribution in [1.29, 1.82) is 0 Å². The van der Waals surface area contributed by atoms with Crippen LogP contribution < -0.4 is 10.7 Å². The molecule has 112 valence electrons. The number of amides is 1. The zero-order valence-electron chi connectivity index (χ0n) is 11.8. The van der Waals surface area contributed by atoms with E-state index in [1.165, 1.54) is 19.2 Å². The highest BCUT2D eigenvalue weighted by Gasteiger charge is 2.10. The van der Waals surface area contributed by atoms with Crippen LogP contribution in [0.25, 0.3) is 0 Å². The number of benzene rings is 2. The monoisotopic (exact) mass is 298 g/mol. The molecule has 0 aliphatic rings. The number of nitrogens with one attached hydrogen (secondary N) is 2. The highest BCUT2D eigenvalue weighted by atomic mass is 16.6. The predicted octanol–water partition coefficient (Wildman–Crippen LogP) is 3.00. The summed E-state index contributed by atoms with van der Waals surface area (Å²) in [6.07, 6.45) is 1.54.